The summed E-state index contributed by atoms with van der Waals surface area (Å²) in [6, 6.07) is 8.57. The molecule has 1 rings (SSSR count). The maximum absolute atomic E-state index is 5.51. The van der Waals surface area contributed by atoms with Crippen LogP contribution in [0.3, 0.4) is 0 Å². The molecule has 0 fully saturated rings. The number of ether oxygens (including phenoxy) is 1. The van der Waals surface area contributed by atoms with Crippen molar-refractivity contribution in [1.82, 2.24) is 5.32 Å². The molecular weight excluding hydrogens is 234 g/mol. The summed E-state index contributed by atoms with van der Waals surface area (Å²) in [7, 11) is 0. The second-order valence-electron chi connectivity index (χ2n) is 4.70. The standard InChI is InChI=1S/C11H14O.C6H15N/c1-3-9-12-11-8-6-5-7-10(11)4-2;1-4-5-7-6(2)3/h4-8H,2-3,9H2,1H3;6-7H,4-5H2,1-3H3. The van der Waals surface area contributed by atoms with Gasteiger partial charge in [-0.1, -0.05) is 58.5 Å². The third kappa shape index (κ3) is 9.32. The van der Waals surface area contributed by atoms with E-state index in [9.17, 15) is 0 Å². The van der Waals surface area contributed by atoms with E-state index in [-0.39, 0.29) is 0 Å². The van der Waals surface area contributed by atoms with Gasteiger partial charge in [0.1, 0.15) is 5.75 Å². The molecule has 19 heavy (non-hydrogen) atoms. The first-order chi connectivity index (χ1) is 9.15. The Morgan fingerprint density at radius 1 is 1.21 bits per heavy atom. The van der Waals surface area contributed by atoms with E-state index < -0.39 is 0 Å². The molecule has 0 atom stereocenters. The summed E-state index contributed by atoms with van der Waals surface area (Å²) < 4.78 is 5.51. The van der Waals surface area contributed by atoms with Crippen molar-refractivity contribution in [1.29, 1.82) is 0 Å². The summed E-state index contributed by atoms with van der Waals surface area (Å²) >= 11 is 0. The van der Waals surface area contributed by atoms with Crippen molar-refractivity contribution in [3.63, 3.8) is 0 Å². The molecule has 2 heteroatoms. The number of rotatable bonds is 7. The highest BCUT2D eigenvalue weighted by Crippen LogP contribution is 2.18. The van der Waals surface area contributed by atoms with E-state index >= 15 is 0 Å². The number of hydrogen-bond donors (Lipinski definition) is 1. The van der Waals surface area contributed by atoms with Crippen LogP contribution in [0.15, 0.2) is 30.8 Å². The average molecular weight is 263 g/mol. The van der Waals surface area contributed by atoms with Crippen molar-refractivity contribution in [3.8, 4) is 5.75 Å². The van der Waals surface area contributed by atoms with Crippen LogP contribution < -0.4 is 10.1 Å². The summed E-state index contributed by atoms with van der Waals surface area (Å²) in [5, 5.41) is 3.30. The van der Waals surface area contributed by atoms with Crippen LogP contribution in [0.5, 0.6) is 5.75 Å². The Morgan fingerprint density at radius 3 is 2.37 bits per heavy atom. The van der Waals surface area contributed by atoms with Gasteiger partial charge in [-0.3, -0.25) is 0 Å². The van der Waals surface area contributed by atoms with E-state index in [2.05, 4.69) is 39.6 Å². The minimum atomic E-state index is 0.653. The van der Waals surface area contributed by atoms with Crippen LogP contribution in [0.1, 0.15) is 46.1 Å². The maximum Gasteiger partial charge on any atom is 0.126 e. The molecule has 0 aliphatic rings. The minimum Gasteiger partial charge on any atom is -0.493 e. The highest BCUT2D eigenvalue weighted by molar-refractivity contribution is 5.55. The van der Waals surface area contributed by atoms with Crippen LogP contribution in [0.4, 0.5) is 0 Å². The lowest BCUT2D eigenvalue weighted by Crippen LogP contribution is -2.22. The Labute approximate surface area is 118 Å². The predicted molar refractivity (Wildman–Crippen MR) is 85.7 cm³/mol. The topological polar surface area (TPSA) is 21.3 Å². The average Bonchev–Trinajstić information content (AvgIpc) is 2.43. The Hall–Kier alpha value is -1.28. The second kappa shape index (κ2) is 11.8. The van der Waals surface area contributed by atoms with E-state index in [0.717, 1.165) is 30.9 Å². The molecule has 0 saturated carbocycles. The molecule has 1 N–H and O–H groups in total. The van der Waals surface area contributed by atoms with Gasteiger partial charge >= 0.3 is 0 Å². The van der Waals surface area contributed by atoms with Gasteiger partial charge in [0.25, 0.3) is 0 Å². The minimum absolute atomic E-state index is 0.653. The van der Waals surface area contributed by atoms with E-state index in [0.29, 0.717) is 6.04 Å². The SMILES string of the molecule is C=Cc1ccccc1OCCC.CCCNC(C)C. The maximum atomic E-state index is 5.51. The predicted octanol–water partition coefficient (Wildman–Crippen LogP) is 4.51. The zero-order valence-corrected chi connectivity index (χ0v) is 12.9. The fourth-order valence-corrected chi connectivity index (χ4v) is 1.43. The number of hydrogen-bond acceptors (Lipinski definition) is 2. The van der Waals surface area contributed by atoms with Crippen molar-refractivity contribution in [2.45, 2.75) is 46.6 Å². The molecule has 108 valence electrons. The normalized spacial score (nSPS) is 9.74. The molecule has 0 bridgehead atoms. The fraction of sp³-hybridized carbons (Fsp3) is 0.529. The van der Waals surface area contributed by atoms with Crippen LogP contribution >= 0.6 is 0 Å². The van der Waals surface area contributed by atoms with Crippen molar-refractivity contribution in [2.75, 3.05) is 13.2 Å². The van der Waals surface area contributed by atoms with Gasteiger partial charge in [0.2, 0.25) is 0 Å². The molecule has 0 aromatic heterocycles. The molecule has 0 spiro atoms. The van der Waals surface area contributed by atoms with E-state index in [4.69, 9.17) is 4.74 Å². The van der Waals surface area contributed by atoms with Gasteiger partial charge in [0, 0.05) is 11.6 Å². The molecule has 0 radical (unpaired) electrons. The first-order valence-corrected chi connectivity index (χ1v) is 7.23. The smallest absolute Gasteiger partial charge is 0.126 e. The van der Waals surface area contributed by atoms with Crippen LogP contribution in [0.25, 0.3) is 6.08 Å². The van der Waals surface area contributed by atoms with Crippen LogP contribution in [-0.4, -0.2) is 19.2 Å². The van der Waals surface area contributed by atoms with Gasteiger partial charge in [-0.25, -0.2) is 0 Å². The van der Waals surface area contributed by atoms with Crippen LogP contribution in [0.2, 0.25) is 0 Å². The third-order valence-electron chi connectivity index (χ3n) is 2.40. The zero-order chi connectivity index (χ0) is 14.5. The monoisotopic (exact) mass is 263 g/mol. The van der Waals surface area contributed by atoms with Crippen molar-refractivity contribution < 1.29 is 4.74 Å². The van der Waals surface area contributed by atoms with Gasteiger partial charge in [-0.2, -0.15) is 0 Å². The Kier molecular flexibility index (Phi) is 11.0. The molecule has 0 aliphatic heterocycles. The van der Waals surface area contributed by atoms with Gasteiger partial charge in [0.05, 0.1) is 6.61 Å². The molecule has 1 aromatic carbocycles. The second-order valence-corrected chi connectivity index (χ2v) is 4.70. The summed E-state index contributed by atoms with van der Waals surface area (Å²) in [5.74, 6) is 0.925. The highest BCUT2D eigenvalue weighted by Gasteiger charge is 1.96. The van der Waals surface area contributed by atoms with E-state index in [1.807, 2.05) is 30.3 Å². The molecule has 0 unspecified atom stereocenters. The summed E-state index contributed by atoms with van der Waals surface area (Å²) in [6.07, 6.45) is 4.08. The fourth-order valence-electron chi connectivity index (χ4n) is 1.43. The quantitative estimate of drug-likeness (QED) is 0.781. The van der Waals surface area contributed by atoms with Crippen molar-refractivity contribution in [2.24, 2.45) is 0 Å². The highest BCUT2D eigenvalue weighted by atomic mass is 16.5. The van der Waals surface area contributed by atoms with Gasteiger partial charge in [-0.15, -0.1) is 0 Å². The van der Waals surface area contributed by atoms with Gasteiger partial charge in [0.15, 0.2) is 0 Å². The lowest BCUT2D eigenvalue weighted by molar-refractivity contribution is 0.317. The molecule has 0 heterocycles. The summed E-state index contributed by atoms with van der Waals surface area (Å²) in [4.78, 5) is 0. The summed E-state index contributed by atoms with van der Waals surface area (Å²) in [6.45, 7) is 14.2. The Bertz CT molecular complexity index is 334. The van der Waals surface area contributed by atoms with Crippen molar-refractivity contribution in [3.05, 3.63) is 36.4 Å². The lowest BCUT2D eigenvalue weighted by Gasteiger charge is -2.06. The number of benzene rings is 1. The van der Waals surface area contributed by atoms with Gasteiger partial charge in [-0.05, 0) is 25.5 Å². The first-order valence-electron chi connectivity index (χ1n) is 7.23. The number of para-hydroxylation sites is 1. The van der Waals surface area contributed by atoms with Crippen LogP contribution in [-0.2, 0) is 0 Å². The van der Waals surface area contributed by atoms with Gasteiger partial charge < -0.3 is 10.1 Å². The molecule has 2 nitrogen and oxygen atoms in total. The first kappa shape index (κ1) is 17.7. The largest absolute Gasteiger partial charge is 0.493 e. The molecule has 0 amide bonds. The lowest BCUT2D eigenvalue weighted by atomic mass is 10.2. The Balaban J connectivity index is 0.000000399. The summed E-state index contributed by atoms with van der Waals surface area (Å²) in [5.41, 5.74) is 1.06. The molecular formula is C17H29NO. The molecule has 0 aliphatic carbocycles. The van der Waals surface area contributed by atoms with Crippen molar-refractivity contribution >= 4 is 6.08 Å². The Morgan fingerprint density at radius 2 is 1.89 bits per heavy atom. The van der Waals surface area contributed by atoms with E-state index in [1.54, 1.807) is 0 Å². The third-order valence-corrected chi connectivity index (χ3v) is 2.40. The van der Waals surface area contributed by atoms with Crippen LogP contribution in [0, 0.1) is 0 Å². The molecule has 1 aromatic rings. The molecule has 0 saturated heterocycles. The number of nitrogens with one attached hydrogen (secondary N) is 1. The van der Waals surface area contributed by atoms with E-state index in [1.165, 1.54) is 6.42 Å². The zero-order valence-electron chi connectivity index (χ0n) is 12.9.